The molecule has 8 heteroatoms. The lowest BCUT2D eigenvalue weighted by atomic mass is 10.4. The molecule has 2 fully saturated rings. The first-order chi connectivity index (χ1) is 13.7. The largest absolute Gasteiger partial charge is 0.379 e. The lowest BCUT2D eigenvalue weighted by molar-refractivity contribution is 0.0313. The summed E-state index contributed by atoms with van der Waals surface area (Å²) in [5.41, 5.74) is 0. The second-order valence-corrected chi connectivity index (χ2v) is 7.74. The number of ether oxygens (including phenoxy) is 4. The van der Waals surface area contributed by atoms with E-state index in [9.17, 15) is 0 Å². The highest BCUT2D eigenvalue weighted by atomic mass is 16.5. The molecule has 2 aliphatic rings. The summed E-state index contributed by atoms with van der Waals surface area (Å²) in [5, 5.41) is 0. The van der Waals surface area contributed by atoms with Gasteiger partial charge in [-0.2, -0.15) is 0 Å². The number of likely N-dealkylation sites (N-methyl/N-ethyl adjacent to an activating group) is 2. The summed E-state index contributed by atoms with van der Waals surface area (Å²) in [5.74, 6) is 0. The van der Waals surface area contributed by atoms with E-state index in [4.69, 9.17) is 18.9 Å². The molecule has 0 aromatic carbocycles. The summed E-state index contributed by atoms with van der Waals surface area (Å²) in [4.78, 5) is 9.56. The van der Waals surface area contributed by atoms with Gasteiger partial charge in [-0.1, -0.05) is 0 Å². The molecule has 2 atom stereocenters. The summed E-state index contributed by atoms with van der Waals surface area (Å²) in [7, 11) is 4.33. The molecule has 2 unspecified atom stereocenters. The molecular weight excluding hydrogens is 360 g/mol. The highest BCUT2D eigenvalue weighted by molar-refractivity contribution is 4.64. The molecule has 0 aromatic heterocycles. The molecule has 0 N–H and O–H groups in total. The molecule has 0 saturated carbocycles. The van der Waals surface area contributed by atoms with Crippen molar-refractivity contribution in [2.24, 2.45) is 0 Å². The Bertz CT molecular complexity index is 346. The summed E-state index contributed by atoms with van der Waals surface area (Å²) < 4.78 is 23.3. The van der Waals surface area contributed by atoms with Crippen LogP contribution in [0.1, 0.15) is 0 Å². The van der Waals surface area contributed by atoms with Gasteiger partial charge in [0.15, 0.2) is 0 Å². The van der Waals surface area contributed by atoms with Crippen LogP contribution in [0.15, 0.2) is 0 Å². The zero-order valence-electron chi connectivity index (χ0n) is 18.1. The number of fused-ring (bicyclic) bond motifs is 6. The molecule has 0 radical (unpaired) electrons. The van der Waals surface area contributed by atoms with E-state index in [2.05, 4.69) is 33.7 Å². The van der Waals surface area contributed by atoms with Crippen molar-refractivity contribution in [2.45, 2.75) is 0 Å². The third-order valence-electron chi connectivity index (χ3n) is 5.41. The average Bonchev–Trinajstić information content (AvgIpc) is 2.69. The van der Waals surface area contributed by atoms with Crippen molar-refractivity contribution < 1.29 is 18.9 Å². The van der Waals surface area contributed by atoms with Gasteiger partial charge in [-0.05, 0) is 14.1 Å². The van der Waals surface area contributed by atoms with E-state index in [0.29, 0.717) is 13.2 Å². The van der Waals surface area contributed by atoms with Crippen LogP contribution >= 0.6 is 0 Å². The van der Waals surface area contributed by atoms with Crippen LogP contribution < -0.4 is 0 Å². The summed E-state index contributed by atoms with van der Waals surface area (Å²) in [6.45, 7) is 15.8. The van der Waals surface area contributed by atoms with Gasteiger partial charge in [-0.25, -0.2) is 0 Å². The third-order valence-corrected chi connectivity index (χ3v) is 5.41. The standard InChI is InChI=1S/C20H42N4O4/c1-21-3-5-23-9-15-26-16-10-24(12-18-28-20-19-27-17-11-23)6-4-22(2)8-14-25-13-7-21/h3-20H2,1-2H3. The lowest BCUT2D eigenvalue weighted by Gasteiger charge is -2.27. The Kier molecular flexibility index (Phi) is 13.3. The van der Waals surface area contributed by atoms with Gasteiger partial charge in [-0.15, -0.1) is 0 Å². The number of hydrogen-bond donors (Lipinski definition) is 0. The molecule has 28 heavy (non-hydrogen) atoms. The zero-order chi connectivity index (χ0) is 19.9. The minimum atomic E-state index is 0.671. The molecule has 0 aliphatic carbocycles. The molecule has 2 heterocycles. The molecule has 2 saturated heterocycles. The molecule has 0 aromatic rings. The second kappa shape index (κ2) is 15.5. The first kappa shape index (κ1) is 24.0. The van der Waals surface area contributed by atoms with Gasteiger partial charge in [0.25, 0.3) is 0 Å². The van der Waals surface area contributed by atoms with Crippen LogP contribution in [-0.4, -0.2) is 152 Å². The fourth-order valence-corrected chi connectivity index (χ4v) is 3.26. The van der Waals surface area contributed by atoms with Crippen LogP contribution in [-0.2, 0) is 18.9 Å². The van der Waals surface area contributed by atoms with Crippen molar-refractivity contribution in [3.63, 3.8) is 0 Å². The fourth-order valence-electron chi connectivity index (χ4n) is 3.26. The smallest absolute Gasteiger partial charge is 0.0701 e. The molecule has 8 nitrogen and oxygen atoms in total. The molecule has 0 spiro atoms. The lowest BCUT2D eigenvalue weighted by Crippen LogP contribution is -2.40. The van der Waals surface area contributed by atoms with E-state index in [0.717, 1.165) is 105 Å². The van der Waals surface area contributed by atoms with Gasteiger partial charge in [0.05, 0.1) is 52.9 Å². The van der Waals surface area contributed by atoms with Crippen LogP contribution in [0.25, 0.3) is 0 Å². The van der Waals surface area contributed by atoms with E-state index in [1.165, 1.54) is 0 Å². The van der Waals surface area contributed by atoms with Gasteiger partial charge < -0.3 is 28.7 Å². The predicted molar refractivity (Wildman–Crippen MR) is 111 cm³/mol. The summed E-state index contributed by atoms with van der Waals surface area (Å²) in [6, 6.07) is 0. The minimum Gasteiger partial charge on any atom is -0.379 e. The van der Waals surface area contributed by atoms with Gasteiger partial charge >= 0.3 is 0 Å². The van der Waals surface area contributed by atoms with Crippen LogP contribution in [0.5, 0.6) is 0 Å². The SMILES string of the molecule is CN1CCOCCN(C)CCN2CCOCCOCCN(CCOCC2)CC1. The molecular formula is C20H42N4O4. The second-order valence-electron chi connectivity index (χ2n) is 7.74. The first-order valence-corrected chi connectivity index (χ1v) is 10.9. The first-order valence-electron chi connectivity index (χ1n) is 10.9. The van der Waals surface area contributed by atoms with Gasteiger partial charge in [0.1, 0.15) is 0 Å². The molecule has 0 amide bonds. The van der Waals surface area contributed by atoms with Crippen molar-refractivity contribution in [3.05, 3.63) is 0 Å². The van der Waals surface area contributed by atoms with Crippen LogP contribution in [0.2, 0.25) is 0 Å². The Morgan fingerprint density at radius 2 is 0.679 bits per heavy atom. The monoisotopic (exact) mass is 402 g/mol. The molecule has 2 rings (SSSR count). The Balaban J connectivity index is 1.93. The van der Waals surface area contributed by atoms with Crippen molar-refractivity contribution in [2.75, 3.05) is 132 Å². The van der Waals surface area contributed by atoms with E-state index >= 15 is 0 Å². The predicted octanol–water partition coefficient (Wildman–Crippen LogP) is -0.452. The normalized spacial score (nSPS) is 30.6. The maximum absolute atomic E-state index is 5.96. The topological polar surface area (TPSA) is 49.9 Å². The van der Waals surface area contributed by atoms with E-state index in [1.807, 2.05) is 0 Å². The Morgan fingerprint density at radius 3 is 1.07 bits per heavy atom. The summed E-state index contributed by atoms with van der Waals surface area (Å²) in [6.07, 6.45) is 0. The van der Waals surface area contributed by atoms with E-state index in [1.54, 1.807) is 0 Å². The van der Waals surface area contributed by atoms with Crippen LogP contribution in [0.4, 0.5) is 0 Å². The zero-order valence-corrected chi connectivity index (χ0v) is 18.1. The minimum absolute atomic E-state index is 0.671. The highest BCUT2D eigenvalue weighted by Gasteiger charge is 2.11. The molecule has 2 bridgehead atoms. The quantitative estimate of drug-likeness (QED) is 0.505. The van der Waals surface area contributed by atoms with Crippen molar-refractivity contribution in [3.8, 4) is 0 Å². The molecule has 166 valence electrons. The van der Waals surface area contributed by atoms with Gasteiger partial charge in [-0.3, -0.25) is 9.80 Å². The summed E-state index contributed by atoms with van der Waals surface area (Å²) >= 11 is 0. The fraction of sp³-hybridized carbons (Fsp3) is 1.00. The van der Waals surface area contributed by atoms with Gasteiger partial charge in [0.2, 0.25) is 0 Å². The van der Waals surface area contributed by atoms with Crippen LogP contribution in [0, 0.1) is 0 Å². The van der Waals surface area contributed by atoms with Gasteiger partial charge in [0, 0.05) is 65.4 Å². The molecule has 2 aliphatic heterocycles. The van der Waals surface area contributed by atoms with Crippen molar-refractivity contribution in [1.29, 1.82) is 0 Å². The highest BCUT2D eigenvalue weighted by Crippen LogP contribution is 1.97. The van der Waals surface area contributed by atoms with E-state index in [-0.39, 0.29) is 0 Å². The number of rotatable bonds is 0. The number of nitrogens with zero attached hydrogens (tertiary/aromatic N) is 4. The maximum Gasteiger partial charge on any atom is 0.0701 e. The Labute approximate surface area is 171 Å². The van der Waals surface area contributed by atoms with Crippen LogP contribution in [0.3, 0.4) is 0 Å². The van der Waals surface area contributed by atoms with E-state index < -0.39 is 0 Å². The maximum atomic E-state index is 5.96. The third kappa shape index (κ3) is 11.6. The number of hydrogen-bond acceptors (Lipinski definition) is 8. The average molecular weight is 403 g/mol. The van der Waals surface area contributed by atoms with Crippen molar-refractivity contribution in [1.82, 2.24) is 19.6 Å². The Morgan fingerprint density at radius 1 is 0.357 bits per heavy atom. The Hall–Kier alpha value is -0.320. The van der Waals surface area contributed by atoms with Crippen molar-refractivity contribution >= 4 is 0 Å².